The number of rotatable bonds is 5. The van der Waals surface area contributed by atoms with Crippen molar-refractivity contribution in [1.82, 2.24) is 5.32 Å². The van der Waals surface area contributed by atoms with Crippen LogP contribution in [-0.4, -0.2) is 39.3 Å². The molecule has 1 aliphatic heterocycles. The molecule has 0 amide bonds. The van der Waals surface area contributed by atoms with E-state index in [0.717, 1.165) is 19.6 Å². The highest BCUT2D eigenvalue weighted by molar-refractivity contribution is 5.56. The van der Waals surface area contributed by atoms with Crippen molar-refractivity contribution in [1.29, 1.82) is 0 Å². The molecule has 2 rings (SSSR count). The monoisotopic (exact) mass is 261 g/mol. The molecule has 1 N–H and O–H groups in total. The van der Waals surface area contributed by atoms with Gasteiger partial charge in [-0.2, -0.15) is 0 Å². The summed E-state index contributed by atoms with van der Waals surface area (Å²) in [5.74, 6) is 0. The van der Waals surface area contributed by atoms with Gasteiger partial charge < -0.3 is 15.1 Å². The first-order valence-corrected chi connectivity index (χ1v) is 7.55. The largest absolute Gasteiger partial charge is 0.372 e. The third-order valence-corrected chi connectivity index (χ3v) is 4.17. The molecule has 1 atom stereocenters. The van der Waals surface area contributed by atoms with E-state index in [4.69, 9.17) is 0 Å². The molecule has 0 bridgehead atoms. The normalized spacial score (nSPS) is 19.5. The van der Waals surface area contributed by atoms with E-state index in [0.29, 0.717) is 6.04 Å². The lowest BCUT2D eigenvalue weighted by atomic mass is 10.1. The third kappa shape index (κ3) is 3.41. The van der Waals surface area contributed by atoms with Crippen molar-refractivity contribution in [3.8, 4) is 0 Å². The van der Waals surface area contributed by atoms with Crippen molar-refractivity contribution in [2.24, 2.45) is 0 Å². The van der Waals surface area contributed by atoms with Crippen LogP contribution < -0.4 is 15.1 Å². The Morgan fingerprint density at radius 3 is 2.47 bits per heavy atom. The molecule has 1 heterocycles. The zero-order valence-electron chi connectivity index (χ0n) is 12.5. The van der Waals surface area contributed by atoms with Crippen molar-refractivity contribution in [3.63, 3.8) is 0 Å². The third-order valence-electron chi connectivity index (χ3n) is 4.17. The molecule has 3 heteroatoms. The Kier molecular flexibility index (Phi) is 5.08. The van der Waals surface area contributed by atoms with Crippen LogP contribution in [0.1, 0.15) is 26.7 Å². The molecule has 0 aliphatic carbocycles. The smallest absolute Gasteiger partial charge is 0.0368 e. The van der Waals surface area contributed by atoms with Crippen molar-refractivity contribution < 1.29 is 0 Å². The van der Waals surface area contributed by atoms with Crippen LogP contribution in [-0.2, 0) is 0 Å². The van der Waals surface area contributed by atoms with E-state index >= 15 is 0 Å². The number of nitrogens with one attached hydrogen (secondary N) is 1. The summed E-state index contributed by atoms with van der Waals surface area (Å²) >= 11 is 0. The summed E-state index contributed by atoms with van der Waals surface area (Å²) in [7, 11) is 2.07. The molecule has 1 aliphatic rings. The second kappa shape index (κ2) is 6.80. The lowest BCUT2D eigenvalue weighted by molar-refractivity contribution is 0.449. The molecule has 1 fully saturated rings. The Bertz CT molecular complexity index is 370. The number of hydrogen-bond donors (Lipinski definition) is 1. The highest BCUT2D eigenvalue weighted by Gasteiger charge is 2.18. The Morgan fingerprint density at radius 2 is 1.89 bits per heavy atom. The second-order valence-electron chi connectivity index (χ2n) is 5.26. The fourth-order valence-corrected chi connectivity index (χ4v) is 2.91. The lowest BCUT2D eigenvalue weighted by Crippen LogP contribution is -2.44. The van der Waals surface area contributed by atoms with Gasteiger partial charge in [-0.3, -0.25) is 0 Å². The molecular weight excluding hydrogens is 234 g/mol. The Morgan fingerprint density at radius 1 is 1.21 bits per heavy atom. The van der Waals surface area contributed by atoms with Crippen molar-refractivity contribution in [3.05, 3.63) is 24.3 Å². The highest BCUT2D eigenvalue weighted by atomic mass is 15.2. The molecule has 1 aromatic rings. The summed E-state index contributed by atoms with van der Waals surface area (Å²) in [5.41, 5.74) is 2.69. The zero-order valence-corrected chi connectivity index (χ0v) is 12.5. The van der Waals surface area contributed by atoms with Gasteiger partial charge >= 0.3 is 0 Å². The maximum atomic E-state index is 3.40. The van der Waals surface area contributed by atoms with Gasteiger partial charge in [-0.1, -0.05) is 0 Å². The van der Waals surface area contributed by atoms with E-state index in [-0.39, 0.29) is 0 Å². The summed E-state index contributed by atoms with van der Waals surface area (Å²) in [5, 5.41) is 3.40. The average Bonchev–Trinajstić information content (AvgIpc) is 2.49. The van der Waals surface area contributed by atoms with Crippen LogP contribution in [0.25, 0.3) is 0 Å². The van der Waals surface area contributed by atoms with Gasteiger partial charge in [0.15, 0.2) is 0 Å². The van der Waals surface area contributed by atoms with E-state index in [1.807, 2.05) is 0 Å². The molecule has 1 aromatic carbocycles. The minimum absolute atomic E-state index is 0.635. The lowest BCUT2D eigenvalue weighted by Gasteiger charge is -2.34. The summed E-state index contributed by atoms with van der Waals surface area (Å²) < 4.78 is 0. The van der Waals surface area contributed by atoms with Gasteiger partial charge in [0.1, 0.15) is 0 Å². The first kappa shape index (κ1) is 14.2. The standard InChI is InChI=1S/C16H27N3/c1-4-18(5-2)15-8-10-16(11-9-15)19-12-6-7-14(13-19)17-3/h8-11,14,17H,4-7,12-13H2,1-3H3. The Labute approximate surface area is 117 Å². The van der Waals surface area contributed by atoms with Crippen molar-refractivity contribution in [2.45, 2.75) is 32.7 Å². The first-order chi connectivity index (χ1) is 9.28. The summed E-state index contributed by atoms with van der Waals surface area (Å²) in [6.07, 6.45) is 2.58. The summed E-state index contributed by atoms with van der Waals surface area (Å²) in [6, 6.07) is 9.69. The fourth-order valence-electron chi connectivity index (χ4n) is 2.91. The molecule has 3 nitrogen and oxygen atoms in total. The average molecular weight is 261 g/mol. The van der Waals surface area contributed by atoms with Gasteiger partial charge in [-0.05, 0) is 58.0 Å². The van der Waals surface area contributed by atoms with E-state index < -0.39 is 0 Å². The molecule has 0 spiro atoms. The van der Waals surface area contributed by atoms with Crippen LogP contribution in [0.5, 0.6) is 0 Å². The van der Waals surface area contributed by atoms with Gasteiger partial charge in [0, 0.05) is 43.6 Å². The van der Waals surface area contributed by atoms with Crippen LogP contribution in [0.3, 0.4) is 0 Å². The Hall–Kier alpha value is -1.22. The quantitative estimate of drug-likeness (QED) is 0.879. The van der Waals surface area contributed by atoms with Gasteiger partial charge in [0.2, 0.25) is 0 Å². The van der Waals surface area contributed by atoms with Gasteiger partial charge in [-0.25, -0.2) is 0 Å². The second-order valence-corrected chi connectivity index (χ2v) is 5.26. The summed E-state index contributed by atoms with van der Waals surface area (Å²) in [4.78, 5) is 4.88. The van der Waals surface area contributed by atoms with Crippen molar-refractivity contribution >= 4 is 11.4 Å². The molecule has 19 heavy (non-hydrogen) atoms. The first-order valence-electron chi connectivity index (χ1n) is 7.55. The van der Waals surface area contributed by atoms with Crippen LogP contribution in [0.4, 0.5) is 11.4 Å². The highest BCUT2D eigenvalue weighted by Crippen LogP contribution is 2.23. The zero-order chi connectivity index (χ0) is 13.7. The van der Waals surface area contributed by atoms with E-state index in [9.17, 15) is 0 Å². The van der Waals surface area contributed by atoms with Crippen LogP contribution in [0.2, 0.25) is 0 Å². The van der Waals surface area contributed by atoms with Crippen molar-refractivity contribution in [2.75, 3.05) is 43.0 Å². The van der Waals surface area contributed by atoms with Gasteiger partial charge in [-0.15, -0.1) is 0 Å². The van der Waals surface area contributed by atoms with Crippen LogP contribution in [0, 0.1) is 0 Å². The Balaban J connectivity index is 2.05. The molecule has 1 unspecified atom stereocenters. The number of nitrogens with zero attached hydrogens (tertiary/aromatic N) is 2. The molecule has 0 saturated carbocycles. The molecule has 0 radical (unpaired) electrons. The predicted octanol–water partition coefficient (Wildman–Crippen LogP) is 2.72. The predicted molar refractivity (Wildman–Crippen MR) is 84.3 cm³/mol. The minimum Gasteiger partial charge on any atom is -0.372 e. The van der Waals surface area contributed by atoms with Gasteiger partial charge in [0.25, 0.3) is 0 Å². The van der Waals surface area contributed by atoms with E-state index in [1.54, 1.807) is 0 Å². The number of anilines is 2. The number of likely N-dealkylation sites (N-methyl/N-ethyl adjacent to an activating group) is 1. The van der Waals surface area contributed by atoms with E-state index in [2.05, 4.69) is 60.3 Å². The molecule has 1 saturated heterocycles. The van der Waals surface area contributed by atoms with E-state index in [1.165, 1.54) is 30.8 Å². The number of hydrogen-bond acceptors (Lipinski definition) is 3. The van der Waals surface area contributed by atoms with Crippen LogP contribution in [0.15, 0.2) is 24.3 Å². The molecular formula is C16H27N3. The minimum atomic E-state index is 0.635. The number of benzene rings is 1. The number of piperidine rings is 1. The van der Waals surface area contributed by atoms with Crippen LogP contribution >= 0.6 is 0 Å². The molecule has 0 aromatic heterocycles. The van der Waals surface area contributed by atoms with Gasteiger partial charge in [0.05, 0.1) is 0 Å². The SMILES string of the molecule is CCN(CC)c1ccc(N2CCCC(NC)C2)cc1. The molecule has 106 valence electrons. The fraction of sp³-hybridized carbons (Fsp3) is 0.625. The maximum absolute atomic E-state index is 3.40. The summed E-state index contributed by atoms with van der Waals surface area (Å²) in [6.45, 7) is 8.87. The topological polar surface area (TPSA) is 18.5 Å². The maximum Gasteiger partial charge on any atom is 0.0368 e.